The maximum Gasteiger partial charge on any atom is 0.416 e. The van der Waals surface area contributed by atoms with E-state index in [0.717, 1.165) is 59.9 Å². The number of piperidine rings is 1. The second-order valence-corrected chi connectivity index (χ2v) is 15.8. The quantitative estimate of drug-likeness (QED) is 0.207. The largest absolute Gasteiger partial charge is 0.481 e. The van der Waals surface area contributed by atoms with Crippen molar-refractivity contribution in [3.05, 3.63) is 91.9 Å². The lowest BCUT2D eigenvalue weighted by molar-refractivity contribution is -0.139. The number of carboxylic acids is 1. The third kappa shape index (κ3) is 8.17. The number of aryl methyl sites for hydroxylation is 3. The fourth-order valence-electron chi connectivity index (χ4n) is 9.11. The van der Waals surface area contributed by atoms with Crippen molar-refractivity contribution in [2.75, 3.05) is 13.1 Å². The Morgan fingerprint density at radius 2 is 1.63 bits per heavy atom. The Balaban J connectivity index is 1.36. The van der Waals surface area contributed by atoms with E-state index < -0.39 is 53.6 Å². The molecule has 0 radical (unpaired) electrons. The number of aromatic nitrogens is 1. The van der Waals surface area contributed by atoms with Gasteiger partial charge >= 0.3 is 12.1 Å². The minimum absolute atomic E-state index is 0.0543. The van der Waals surface area contributed by atoms with Crippen molar-refractivity contribution in [2.24, 2.45) is 5.92 Å². The maximum absolute atomic E-state index is 14.5. The van der Waals surface area contributed by atoms with Gasteiger partial charge in [-0.3, -0.25) is 14.4 Å². The van der Waals surface area contributed by atoms with Crippen LogP contribution in [0.2, 0.25) is 0 Å². The monoisotopic (exact) mass is 719 g/mol. The summed E-state index contributed by atoms with van der Waals surface area (Å²) in [7, 11) is 0. The van der Waals surface area contributed by atoms with E-state index >= 15 is 0 Å². The first-order valence-electron chi connectivity index (χ1n) is 19.0. The molecule has 2 fully saturated rings. The minimum Gasteiger partial charge on any atom is -0.481 e. The van der Waals surface area contributed by atoms with Crippen LogP contribution in [0.1, 0.15) is 129 Å². The predicted octanol–water partition coefficient (Wildman–Crippen LogP) is 8.68. The normalized spacial score (nSPS) is 18.5. The van der Waals surface area contributed by atoms with Gasteiger partial charge in [-0.15, -0.1) is 0 Å². The van der Waals surface area contributed by atoms with Crippen molar-refractivity contribution in [1.29, 1.82) is 0 Å². The van der Waals surface area contributed by atoms with Gasteiger partial charge in [-0.05, 0) is 141 Å². The first-order chi connectivity index (χ1) is 24.7. The number of alkyl halides is 3. The molecular formula is C42H52F3N3O4. The van der Waals surface area contributed by atoms with E-state index in [1.54, 1.807) is 0 Å². The van der Waals surface area contributed by atoms with Gasteiger partial charge in [0.05, 0.1) is 18.0 Å². The van der Waals surface area contributed by atoms with Crippen LogP contribution < -0.4 is 10.9 Å². The third-order valence-corrected chi connectivity index (χ3v) is 11.6. The molecule has 1 amide bonds. The number of halogens is 3. The van der Waals surface area contributed by atoms with E-state index in [-0.39, 0.29) is 17.9 Å². The van der Waals surface area contributed by atoms with Crippen LogP contribution in [0.4, 0.5) is 13.2 Å². The van der Waals surface area contributed by atoms with Crippen molar-refractivity contribution >= 4 is 11.9 Å². The van der Waals surface area contributed by atoms with Crippen LogP contribution in [0.3, 0.4) is 0 Å². The molecule has 3 aromatic rings. The molecule has 2 atom stereocenters. The van der Waals surface area contributed by atoms with Gasteiger partial charge in [0.25, 0.3) is 5.56 Å². The standard InChI is InChI=1S/C42H52F3N3O4/c1-25(2)19-37(48-24-34(35(22-38(48)49)42(43,44)45)28-15-17-47(18-16-28)31-12-5-6-13-31)41(52)46-36(23-39(50)51)30-20-29-11-8-14-32(29)33(21-30)40-26(3)9-7-10-27(40)4/h7,9-10,20-22,24-25,28,31,36-37H,5-6,8,11-19,23H2,1-4H3,(H,46,52)(H,50,51)/t36-,37-/m1/s1. The number of nitrogens with zero attached hydrogens (tertiary/aromatic N) is 2. The molecule has 0 unspecified atom stereocenters. The summed E-state index contributed by atoms with van der Waals surface area (Å²) in [6, 6.07) is 9.19. The number of benzene rings is 2. The summed E-state index contributed by atoms with van der Waals surface area (Å²) >= 11 is 0. The second-order valence-electron chi connectivity index (χ2n) is 15.8. The predicted molar refractivity (Wildman–Crippen MR) is 197 cm³/mol. The van der Waals surface area contributed by atoms with Gasteiger partial charge in [-0.1, -0.05) is 51.0 Å². The summed E-state index contributed by atoms with van der Waals surface area (Å²) in [6.07, 6.45) is 4.77. The Morgan fingerprint density at radius 1 is 0.962 bits per heavy atom. The molecule has 2 heterocycles. The molecule has 2 N–H and O–H groups in total. The summed E-state index contributed by atoms with van der Waals surface area (Å²) in [5.74, 6) is -2.18. The van der Waals surface area contributed by atoms with Crippen LogP contribution >= 0.6 is 0 Å². The molecule has 7 nitrogen and oxygen atoms in total. The highest BCUT2D eigenvalue weighted by molar-refractivity contribution is 5.82. The molecular weight excluding hydrogens is 667 g/mol. The SMILES string of the molecule is Cc1cccc(C)c1-c1cc([C@@H](CC(=O)O)NC(=O)[C@@H](CC(C)C)n2cc(C3CCN(C4CCCC4)CC3)c(C(F)(F)F)cc2=O)cc2c1CCC2. The Kier molecular flexibility index (Phi) is 11.3. The number of hydrogen-bond donors (Lipinski definition) is 2. The number of carbonyl (C=O) groups is 2. The molecule has 1 saturated heterocycles. The zero-order chi connectivity index (χ0) is 37.3. The van der Waals surface area contributed by atoms with Crippen molar-refractivity contribution in [2.45, 2.75) is 129 Å². The number of hydrogen-bond acceptors (Lipinski definition) is 4. The Hall–Kier alpha value is -3.92. The molecule has 1 saturated carbocycles. The summed E-state index contributed by atoms with van der Waals surface area (Å²) in [6.45, 7) is 9.28. The molecule has 0 spiro atoms. The van der Waals surface area contributed by atoms with E-state index in [9.17, 15) is 32.7 Å². The number of fused-ring (bicyclic) bond motifs is 1. The van der Waals surface area contributed by atoms with Crippen LogP contribution in [0.5, 0.6) is 0 Å². The number of amides is 1. The minimum atomic E-state index is -4.72. The van der Waals surface area contributed by atoms with Crippen molar-refractivity contribution < 1.29 is 27.9 Å². The molecule has 3 aliphatic rings. The van der Waals surface area contributed by atoms with Crippen molar-refractivity contribution in [1.82, 2.24) is 14.8 Å². The van der Waals surface area contributed by atoms with E-state index in [2.05, 4.69) is 36.2 Å². The molecule has 2 aliphatic carbocycles. The number of carbonyl (C=O) groups excluding carboxylic acids is 1. The van der Waals surface area contributed by atoms with Gasteiger partial charge in [0.1, 0.15) is 6.04 Å². The third-order valence-electron chi connectivity index (χ3n) is 11.6. The number of aliphatic carboxylic acids is 1. The topological polar surface area (TPSA) is 91.6 Å². The van der Waals surface area contributed by atoms with E-state index in [0.29, 0.717) is 43.6 Å². The number of nitrogens with one attached hydrogen (secondary N) is 1. The fraction of sp³-hybridized carbons (Fsp3) is 0.548. The first-order valence-corrected chi connectivity index (χ1v) is 19.0. The molecule has 1 aliphatic heterocycles. The van der Waals surface area contributed by atoms with Crippen molar-refractivity contribution in [3.63, 3.8) is 0 Å². The zero-order valence-electron chi connectivity index (χ0n) is 30.8. The Bertz CT molecular complexity index is 1830. The number of rotatable bonds is 11. The average molecular weight is 720 g/mol. The molecule has 6 rings (SSSR count). The van der Waals surface area contributed by atoms with Crippen LogP contribution in [0, 0.1) is 19.8 Å². The lowest BCUT2D eigenvalue weighted by Gasteiger charge is -2.37. The van der Waals surface area contributed by atoms with Gasteiger partial charge in [-0.2, -0.15) is 13.2 Å². The number of likely N-dealkylation sites (tertiary alicyclic amines) is 1. The van der Waals surface area contributed by atoms with Gasteiger partial charge in [0.2, 0.25) is 5.91 Å². The maximum atomic E-state index is 14.5. The number of carboxylic acid groups (broad SMARTS) is 1. The van der Waals surface area contributed by atoms with E-state index in [1.165, 1.54) is 29.2 Å². The molecule has 280 valence electrons. The van der Waals surface area contributed by atoms with Crippen LogP contribution in [0.15, 0.2) is 47.4 Å². The van der Waals surface area contributed by atoms with Crippen LogP contribution in [-0.4, -0.2) is 45.6 Å². The van der Waals surface area contributed by atoms with Crippen molar-refractivity contribution in [3.8, 4) is 11.1 Å². The zero-order valence-corrected chi connectivity index (χ0v) is 30.8. The highest BCUT2D eigenvalue weighted by Gasteiger charge is 2.39. The Labute approximate surface area is 304 Å². The smallest absolute Gasteiger partial charge is 0.416 e. The highest BCUT2D eigenvalue weighted by Crippen LogP contribution is 2.41. The first kappa shape index (κ1) is 37.8. The molecule has 10 heteroatoms. The van der Waals surface area contributed by atoms with Gasteiger partial charge in [-0.25, -0.2) is 0 Å². The van der Waals surface area contributed by atoms with Gasteiger partial charge in [0.15, 0.2) is 0 Å². The molecule has 52 heavy (non-hydrogen) atoms. The molecule has 2 aromatic carbocycles. The highest BCUT2D eigenvalue weighted by atomic mass is 19.4. The molecule has 1 aromatic heterocycles. The summed E-state index contributed by atoms with van der Waals surface area (Å²) in [5, 5.41) is 13.0. The lowest BCUT2D eigenvalue weighted by Crippen LogP contribution is -2.42. The lowest BCUT2D eigenvalue weighted by atomic mass is 9.86. The molecule has 0 bridgehead atoms. The van der Waals surface area contributed by atoms with Gasteiger partial charge in [0, 0.05) is 18.3 Å². The second kappa shape index (κ2) is 15.6. The summed E-state index contributed by atoms with van der Waals surface area (Å²) < 4.78 is 44.7. The van der Waals surface area contributed by atoms with Crippen LogP contribution in [0.25, 0.3) is 11.1 Å². The van der Waals surface area contributed by atoms with Crippen LogP contribution in [-0.2, 0) is 28.6 Å². The summed E-state index contributed by atoms with van der Waals surface area (Å²) in [5.41, 5.74) is 5.57. The fourth-order valence-corrected chi connectivity index (χ4v) is 9.11. The van der Waals surface area contributed by atoms with E-state index in [4.69, 9.17) is 0 Å². The summed E-state index contributed by atoms with van der Waals surface area (Å²) in [4.78, 5) is 42.6. The average Bonchev–Trinajstić information content (AvgIpc) is 3.79. The van der Waals surface area contributed by atoms with E-state index in [1.807, 2.05) is 32.0 Å². The number of pyridine rings is 1. The van der Waals surface area contributed by atoms with Gasteiger partial charge < -0.3 is 19.9 Å². The Morgan fingerprint density at radius 3 is 2.25 bits per heavy atom.